The fraction of sp³-hybridized carbons (Fsp3) is 0.769. The molecule has 2 atom stereocenters. The van der Waals surface area contributed by atoms with Crippen LogP contribution in [0.25, 0.3) is 0 Å². The molecule has 5 nitrogen and oxygen atoms in total. The molecule has 0 amide bonds. The number of hydrogen-bond acceptors (Lipinski definition) is 4. The van der Waals surface area contributed by atoms with Crippen LogP contribution in [0.15, 0.2) is 12.4 Å². The van der Waals surface area contributed by atoms with E-state index in [9.17, 15) is 0 Å². The summed E-state index contributed by atoms with van der Waals surface area (Å²) in [5.74, 6) is 1.04. The van der Waals surface area contributed by atoms with E-state index in [1.165, 1.54) is 12.8 Å². The van der Waals surface area contributed by atoms with Crippen molar-refractivity contribution >= 4 is 5.95 Å². The van der Waals surface area contributed by atoms with Crippen molar-refractivity contribution in [3.8, 4) is 0 Å². The van der Waals surface area contributed by atoms with Gasteiger partial charge in [0.05, 0.1) is 12.6 Å². The van der Waals surface area contributed by atoms with E-state index in [0.717, 1.165) is 19.0 Å². The Hall–Kier alpha value is -1.07. The van der Waals surface area contributed by atoms with E-state index in [1.54, 1.807) is 7.11 Å². The summed E-state index contributed by atoms with van der Waals surface area (Å²) < 4.78 is 7.42. The number of anilines is 1. The van der Waals surface area contributed by atoms with Crippen molar-refractivity contribution in [2.24, 2.45) is 0 Å². The zero-order valence-corrected chi connectivity index (χ0v) is 11.6. The minimum absolute atomic E-state index is 0.312. The predicted molar refractivity (Wildman–Crippen MR) is 73.1 cm³/mol. The maximum Gasteiger partial charge on any atom is 0.205 e. The molecule has 5 heteroatoms. The fourth-order valence-electron chi connectivity index (χ4n) is 2.57. The SMILES string of the molecule is COCC(C)n1ccnc1N(C)C1CCCNC1. The van der Waals surface area contributed by atoms with Gasteiger partial charge >= 0.3 is 0 Å². The second-order valence-corrected chi connectivity index (χ2v) is 5.05. The van der Waals surface area contributed by atoms with Gasteiger partial charge in [-0.15, -0.1) is 0 Å². The van der Waals surface area contributed by atoms with Gasteiger partial charge in [-0.05, 0) is 26.3 Å². The molecule has 0 bridgehead atoms. The number of nitrogens with zero attached hydrogens (tertiary/aromatic N) is 3. The Kier molecular flexibility index (Phi) is 4.60. The van der Waals surface area contributed by atoms with Gasteiger partial charge in [0.25, 0.3) is 0 Å². The average Bonchev–Trinajstić information content (AvgIpc) is 2.88. The summed E-state index contributed by atoms with van der Waals surface area (Å²) in [5, 5.41) is 3.45. The van der Waals surface area contributed by atoms with E-state index in [1.807, 2.05) is 12.4 Å². The highest BCUT2D eigenvalue weighted by Gasteiger charge is 2.22. The van der Waals surface area contributed by atoms with Gasteiger partial charge in [-0.3, -0.25) is 0 Å². The van der Waals surface area contributed by atoms with E-state index >= 15 is 0 Å². The smallest absolute Gasteiger partial charge is 0.205 e. The number of likely N-dealkylation sites (N-methyl/N-ethyl adjacent to an activating group) is 1. The molecule has 2 heterocycles. The summed E-state index contributed by atoms with van der Waals surface area (Å²) in [6.45, 7) is 5.04. The number of imidazole rings is 1. The van der Waals surface area contributed by atoms with Gasteiger partial charge in [0.2, 0.25) is 5.95 Å². The predicted octanol–water partition coefficient (Wildman–Crippen LogP) is 1.28. The molecule has 2 unspecified atom stereocenters. The second kappa shape index (κ2) is 6.20. The van der Waals surface area contributed by atoms with Crippen LogP contribution < -0.4 is 10.2 Å². The summed E-state index contributed by atoms with van der Waals surface area (Å²) in [6.07, 6.45) is 6.37. The van der Waals surface area contributed by atoms with E-state index in [4.69, 9.17) is 4.74 Å². The van der Waals surface area contributed by atoms with Crippen LogP contribution in [-0.4, -0.2) is 49.4 Å². The van der Waals surface area contributed by atoms with Gasteiger partial charge in [0, 0.05) is 39.1 Å². The van der Waals surface area contributed by atoms with Crippen LogP contribution in [0.2, 0.25) is 0 Å². The van der Waals surface area contributed by atoms with Gasteiger partial charge < -0.3 is 19.5 Å². The van der Waals surface area contributed by atoms with E-state index in [2.05, 4.69) is 33.7 Å². The largest absolute Gasteiger partial charge is 0.383 e. The number of aromatic nitrogens is 2. The summed E-state index contributed by atoms with van der Waals surface area (Å²) >= 11 is 0. The van der Waals surface area contributed by atoms with Crippen molar-refractivity contribution in [1.82, 2.24) is 14.9 Å². The molecular weight excluding hydrogens is 228 g/mol. The highest BCUT2D eigenvalue weighted by Crippen LogP contribution is 2.21. The van der Waals surface area contributed by atoms with E-state index in [0.29, 0.717) is 18.7 Å². The van der Waals surface area contributed by atoms with Gasteiger partial charge in [-0.25, -0.2) is 4.98 Å². The Balaban J connectivity index is 2.09. The number of rotatable bonds is 5. The van der Waals surface area contributed by atoms with Crippen LogP contribution in [0.5, 0.6) is 0 Å². The van der Waals surface area contributed by atoms with Crippen molar-refractivity contribution in [1.29, 1.82) is 0 Å². The molecule has 0 spiro atoms. The molecule has 2 rings (SSSR count). The Morgan fingerprint density at radius 3 is 3.17 bits per heavy atom. The second-order valence-electron chi connectivity index (χ2n) is 5.05. The lowest BCUT2D eigenvalue weighted by atomic mass is 10.1. The number of piperidine rings is 1. The molecule has 1 saturated heterocycles. The first-order valence-electron chi connectivity index (χ1n) is 6.69. The molecule has 0 aromatic carbocycles. The van der Waals surface area contributed by atoms with Crippen LogP contribution in [0.4, 0.5) is 5.95 Å². The molecule has 1 aromatic rings. The topological polar surface area (TPSA) is 42.3 Å². The number of ether oxygens (including phenoxy) is 1. The number of methoxy groups -OCH3 is 1. The highest BCUT2D eigenvalue weighted by atomic mass is 16.5. The van der Waals surface area contributed by atoms with Gasteiger partial charge in [0.15, 0.2) is 0 Å². The van der Waals surface area contributed by atoms with Gasteiger partial charge in [-0.1, -0.05) is 0 Å². The molecule has 1 aliphatic rings. The molecule has 1 aromatic heterocycles. The van der Waals surface area contributed by atoms with Crippen molar-refractivity contribution < 1.29 is 4.74 Å². The average molecular weight is 252 g/mol. The number of nitrogens with one attached hydrogen (secondary N) is 1. The lowest BCUT2D eigenvalue weighted by Gasteiger charge is -2.33. The van der Waals surface area contributed by atoms with Crippen LogP contribution in [0.3, 0.4) is 0 Å². The van der Waals surface area contributed by atoms with Crippen LogP contribution in [0.1, 0.15) is 25.8 Å². The third-order valence-electron chi connectivity index (χ3n) is 3.67. The summed E-state index contributed by atoms with van der Waals surface area (Å²) in [5.41, 5.74) is 0. The van der Waals surface area contributed by atoms with Gasteiger partial charge in [0.1, 0.15) is 0 Å². The first kappa shape index (κ1) is 13.4. The zero-order chi connectivity index (χ0) is 13.0. The highest BCUT2D eigenvalue weighted by molar-refractivity contribution is 5.32. The first-order valence-corrected chi connectivity index (χ1v) is 6.69. The molecule has 1 N–H and O–H groups in total. The monoisotopic (exact) mass is 252 g/mol. The Bertz CT molecular complexity index is 360. The molecular formula is C13H24N4O. The number of hydrogen-bond donors (Lipinski definition) is 1. The zero-order valence-electron chi connectivity index (χ0n) is 11.6. The van der Waals surface area contributed by atoms with E-state index < -0.39 is 0 Å². The Morgan fingerprint density at radius 2 is 2.50 bits per heavy atom. The lowest BCUT2D eigenvalue weighted by molar-refractivity contribution is 0.162. The standard InChI is InChI=1S/C13H24N4O/c1-11(10-18-3)17-8-7-15-13(17)16(2)12-5-4-6-14-9-12/h7-8,11-12,14H,4-6,9-10H2,1-3H3. The fourth-order valence-corrected chi connectivity index (χ4v) is 2.57. The molecule has 0 aliphatic carbocycles. The van der Waals surface area contributed by atoms with Crippen LogP contribution in [-0.2, 0) is 4.74 Å². The molecule has 0 radical (unpaired) electrons. The quantitative estimate of drug-likeness (QED) is 0.857. The van der Waals surface area contributed by atoms with Gasteiger partial charge in [-0.2, -0.15) is 0 Å². The molecule has 0 saturated carbocycles. The first-order chi connectivity index (χ1) is 8.74. The van der Waals surface area contributed by atoms with E-state index in [-0.39, 0.29) is 0 Å². The third kappa shape index (κ3) is 2.84. The maximum absolute atomic E-state index is 5.23. The third-order valence-corrected chi connectivity index (χ3v) is 3.67. The molecule has 18 heavy (non-hydrogen) atoms. The Labute approximate surface area is 109 Å². The van der Waals surface area contributed by atoms with Crippen molar-refractivity contribution in [3.05, 3.63) is 12.4 Å². The summed E-state index contributed by atoms with van der Waals surface area (Å²) in [4.78, 5) is 6.79. The molecule has 1 fully saturated rings. The minimum atomic E-state index is 0.312. The van der Waals surface area contributed by atoms with Crippen LogP contribution >= 0.6 is 0 Å². The minimum Gasteiger partial charge on any atom is -0.383 e. The summed E-state index contributed by atoms with van der Waals surface area (Å²) in [6, 6.07) is 0.848. The van der Waals surface area contributed by atoms with Crippen molar-refractivity contribution in [3.63, 3.8) is 0 Å². The maximum atomic E-state index is 5.23. The summed E-state index contributed by atoms with van der Waals surface area (Å²) in [7, 11) is 3.87. The molecule has 102 valence electrons. The van der Waals surface area contributed by atoms with Crippen LogP contribution in [0, 0.1) is 0 Å². The normalized spacial score (nSPS) is 21.8. The Morgan fingerprint density at radius 1 is 1.67 bits per heavy atom. The molecule has 1 aliphatic heterocycles. The lowest BCUT2D eigenvalue weighted by Crippen LogP contribution is -2.45. The van der Waals surface area contributed by atoms with Crippen molar-refractivity contribution in [2.45, 2.75) is 31.8 Å². The van der Waals surface area contributed by atoms with Crippen molar-refractivity contribution in [2.75, 3.05) is 38.8 Å².